The molecule has 154 valence electrons. The van der Waals surface area contributed by atoms with Crippen LogP contribution in [0.25, 0.3) is 28.2 Å². The summed E-state index contributed by atoms with van der Waals surface area (Å²) in [4.78, 5) is 21.5. The molecule has 8 nitrogen and oxygen atoms in total. The first-order chi connectivity index (χ1) is 14.8. The lowest BCUT2D eigenvalue weighted by molar-refractivity contribution is -0.394. The highest BCUT2D eigenvalue weighted by atomic mass is 79.9. The normalized spacial score (nSPS) is 10.8. The Balaban J connectivity index is 1.96. The third kappa shape index (κ3) is 4.18. The van der Waals surface area contributed by atoms with Crippen molar-refractivity contribution in [1.29, 1.82) is 0 Å². The third-order valence-corrected chi connectivity index (χ3v) is 5.36. The van der Waals surface area contributed by atoms with E-state index >= 15 is 0 Å². The predicted molar refractivity (Wildman–Crippen MR) is 120 cm³/mol. The molecule has 1 heterocycles. The number of benzene rings is 3. The summed E-state index contributed by atoms with van der Waals surface area (Å²) in [5.41, 5.74) is 2.03. The van der Waals surface area contributed by atoms with E-state index in [0.717, 1.165) is 21.7 Å². The molecular formula is C21H12BrClN4O4. The summed E-state index contributed by atoms with van der Waals surface area (Å²) in [5, 5.41) is 28.0. The summed E-state index contributed by atoms with van der Waals surface area (Å²) >= 11 is 9.37. The van der Waals surface area contributed by atoms with Crippen LogP contribution in [0.5, 0.6) is 0 Å². The van der Waals surface area contributed by atoms with Crippen molar-refractivity contribution in [2.75, 3.05) is 0 Å². The van der Waals surface area contributed by atoms with Gasteiger partial charge >= 0.3 is 5.69 Å². The van der Waals surface area contributed by atoms with E-state index in [9.17, 15) is 20.2 Å². The molecule has 0 saturated heterocycles. The topological polar surface area (TPSA) is 104 Å². The summed E-state index contributed by atoms with van der Waals surface area (Å²) in [7, 11) is 0. The van der Waals surface area contributed by atoms with Crippen molar-refractivity contribution >= 4 is 38.9 Å². The average Bonchev–Trinajstić information content (AvgIpc) is 3.19. The molecule has 0 bridgehead atoms. The van der Waals surface area contributed by atoms with E-state index in [1.165, 1.54) is 16.8 Å². The predicted octanol–water partition coefficient (Wildman–Crippen LogP) is 6.44. The summed E-state index contributed by atoms with van der Waals surface area (Å²) in [5.74, 6) is 0. The number of rotatable bonds is 5. The monoisotopic (exact) mass is 498 g/mol. The molecule has 0 aliphatic rings. The lowest BCUT2D eigenvalue weighted by Gasteiger charge is -2.08. The zero-order chi connectivity index (χ0) is 22.1. The molecule has 4 aromatic rings. The van der Waals surface area contributed by atoms with E-state index in [4.69, 9.17) is 11.6 Å². The second kappa shape index (κ2) is 8.29. The van der Waals surface area contributed by atoms with Crippen LogP contribution in [-0.4, -0.2) is 19.6 Å². The van der Waals surface area contributed by atoms with E-state index in [2.05, 4.69) is 21.0 Å². The molecule has 4 rings (SSSR count). The molecule has 10 heteroatoms. The maximum absolute atomic E-state index is 11.7. The van der Waals surface area contributed by atoms with Gasteiger partial charge in [-0.2, -0.15) is 5.10 Å². The number of hydrogen-bond acceptors (Lipinski definition) is 5. The Labute approximate surface area is 189 Å². The zero-order valence-electron chi connectivity index (χ0n) is 15.6. The van der Waals surface area contributed by atoms with E-state index in [1.807, 2.05) is 24.3 Å². The first-order valence-electron chi connectivity index (χ1n) is 8.88. The van der Waals surface area contributed by atoms with Gasteiger partial charge in [-0.15, -0.1) is 0 Å². The van der Waals surface area contributed by atoms with Gasteiger partial charge < -0.3 is 0 Å². The number of nitro groups is 2. The van der Waals surface area contributed by atoms with Crippen molar-refractivity contribution in [2.24, 2.45) is 0 Å². The maximum atomic E-state index is 11.7. The summed E-state index contributed by atoms with van der Waals surface area (Å²) in [6.45, 7) is 0. The average molecular weight is 500 g/mol. The van der Waals surface area contributed by atoms with Crippen LogP contribution in [-0.2, 0) is 0 Å². The van der Waals surface area contributed by atoms with Gasteiger partial charge in [0, 0.05) is 26.7 Å². The van der Waals surface area contributed by atoms with Crippen LogP contribution < -0.4 is 0 Å². The Morgan fingerprint density at radius 2 is 1.48 bits per heavy atom. The van der Waals surface area contributed by atoms with Gasteiger partial charge in [-0.1, -0.05) is 51.8 Å². The Bertz CT molecular complexity index is 1300. The molecule has 31 heavy (non-hydrogen) atoms. The van der Waals surface area contributed by atoms with Crippen LogP contribution in [0, 0.1) is 20.2 Å². The fraction of sp³-hybridized carbons (Fsp3) is 0. The summed E-state index contributed by atoms with van der Waals surface area (Å²) < 4.78 is 2.30. The minimum atomic E-state index is -0.672. The van der Waals surface area contributed by atoms with Gasteiger partial charge in [-0.05, 0) is 36.4 Å². The van der Waals surface area contributed by atoms with Gasteiger partial charge in [0.05, 0.1) is 27.3 Å². The minimum absolute atomic E-state index is 0.119. The van der Waals surface area contributed by atoms with Gasteiger partial charge in [-0.3, -0.25) is 20.2 Å². The number of nitrogens with zero attached hydrogens (tertiary/aromatic N) is 4. The lowest BCUT2D eigenvalue weighted by Crippen LogP contribution is -2.04. The highest BCUT2D eigenvalue weighted by molar-refractivity contribution is 9.10. The highest BCUT2D eigenvalue weighted by Gasteiger charge is 2.24. The molecular weight excluding hydrogens is 488 g/mol. The van der Waals surface area contributed by atoms with Crippen molar-refractivity contribution in [3.8, 4) is 28.2 Å². The molecule has 0 saturated carbocycles. The molecule has 0 spiro atoms. The molecule has 0 radical (unpaired) electrons. The van der Waals surface area contributed by atoms with Gasteiger partial charge in [0.15, 0.2) is 0 Å². The van der Waals surface area contributed by atoms with Crippen molar-refractivity contribution in [3.05, 3.63) is 103 Å². The molecule has 0 unspecified atom stereocenters. The summed E-state index contributed by atoms with van der Waals surface area (Å²) in [6.07, 6.45) is 0. The largest absolute Gasteiger partial charge is 0.301 e. The first-order valence-corrected chi connectivity index (χ1v) is 10.1. The van der Waals surface area contributed by atoms with E-state index in [-0.39, 0.29) is 11.4 Å². The lowest BCUT2D eigenvalue weighted by atomic mass is 10.1. The van der Waals surface area contributed by atoms with E-state index in [1.54, 1.807) is 30.3 Å². The van der Waals surface area contributed by atoms with Crippen molar-refractivity contribution in [2.45, 2.75) is 0 Å². The molecule has 1 aromatic heterocycles. The van der Waals surface area contributed by atoms with Crippen LogP contribution in [0.15, 0.2) is 77.3 Å². The van der Waals surface area contributed by atoms with Gasteiger partial charge in [0.2, 0.25) is 0 Å². The van der Waals surface area contributed by atoms with Crippen LogP contribution in [0.2, 0.25) is 5.02 Å². The van der Waals surface area contributed by atoms with Crippen LogP contribution >= 0.6 is 27.5 Å². The fourth-order valence-corrected chi connectivity index (χ4v) is 3.49. The Kier molecular flexibility index (Phi) is 5.53. The molecule has 0 atom stereocenters. The molecule has 0 aliphatic carbocycles. The zero-order valence-corrected chi connectivity index (χ0v) is 17.9. The quantitative estimate of drug-likeness (QED) is 0.232. The summed E-state index contributed by atoms with van der Waals surface area (Å²) in [6, 6.07) is 19.7. The number of nitro benzene ring substituents is 2. The smallest absolute Gasteiger partial charge is 0.258 e. The number of hydrogen-bond donors (Lipinski definition) is 0. The fourth-order valence-electron chi connectivity index (χ4n) is 3.10. The molecule has 0 N–H and O–H groups in total. The Morgan fingerprint density at radius 1 is 0.839 bits per heavy atom. The van der Waals surface area contributed by atoms with E-state index < -0.39 is 15.5 Å². The van der Waals surface area contributed by atoms with Crippen molar-refractivity contribution in [3.63, 3.8) is 0 Å². The Morgan fingerprint density at radius 3 is 2.10 bits per heavy atom. The van der Waals surface area contributed by atoms with Crippen LogP contribution in [0.3, 0.4) is 0 Å². The Hall–Kier alpha value is -3.56. The first kappa shape index (κ1) is 20.7. The molecule has 3 aromatic carbocycles. The van der Waals surface area contributed by atoms with Gasteiger partial charge in [0.25, 0.3) is 5.69 Å². The number of aromatic nitrogens is 2. The number of halogens is 2. The van der Waals surface area contributed by atoms with Crippen LogP contribution in [0.1, 0.15) is 0 Å². The van der Waals surface area contributed by atoms with Crippen molar-refractivity contribution in [1.82, 2.24) is 9.78 Å². The SMILES string of the molecule is O=[N+]([O-])c1ccc(-n2nc(-c3ccc(Cl)cc3)cc2-c2ccc(Br)cc2)c([N+](=O)[O-])c1. The standard InChI is InChI=1S/C21H12BrClN4O4/c22-15-5-1-14(2-6-15)20-12-18(13-3-7-16(23)8-4-13)24-25(20)19-10-9-17(26(28)29)11-21(19)27(30)31/h1-12H. The van der Waals surface area contributed by atoms with Crippen molar-refractivity contribution < 1.29 is 9.85 Å². The van der Waals surface area contributed by atoms with Crippen LogP contribution in [0.4, 0.5) is 11.4 Å². The highest BCUT2D eigenvalue weighted by Crippen LogP contribution is 2.34. The maximum Gasteiger partial charge on any atom is 0.301 e. The van der Waals surface area contributed by atoms with Gasteiger partial charge in [0.1, 0.15) is 5.69 Å². The molecule has 0 aliphatic heterocycles. The van der Waals surface area contributed by atoms with Gasteiger partial charge in [-0.25, -0.2) is 4.68 Å². The number of non-ortho nitro benzene ring substituents is 1. The third-order valence-electron chi connectivity index (χ3n) is 4.58. The molecule has 0 amide bonds. The molecule has 0 fully saturated rings. The second-order valence-electron chi connectivity index (χ2n) is 6.53. The van der Waals surface area contributed by atoms with E-state index in [0.29, 0.717) is 16.4 Å². The second-order valence-corrected chi connectivity index (χ2v) is 7.88. The minimum Gasteiger partial charge on any atom is -0.258 e.